The Balaban J connectivity index is 1.73. The van der Waals surface area contributed by atoms with Crippen molar-refractivity contribution in [3.63, 3.8) is 0 Å². The number of nitrogens with one attached hydrogen (secondary N) is 1. The molecule has 0 unspecified atom stereocenters. The van der Waals surface area contributed by atoms with Crippen LogP contribution < -0.4 is 10.2 Å². The van der Waals surface area contributed by atoms with Crippen LogP contribution in [0.2, 0.25) is 5.02 Å². The number of nitro groups is 1. The van der Waals surface area contributed by atoms with E-state index >= 15 is 0 Å². The van der Waals surface area contributed by atoms with Gasteiger partial charge in [0.15, 0.2) is 5.11 Å². The van der Waals surface area contributed by atoms with E-state index in [0.29, 0.717) is 21.5 Å². The van der Waals surface area contributed by atoms with Gasteiger partial charge in [0.25, 0.3) is 17.5 Å². The fourth-order valence-electron chi connectivity index (χ4n) is 3.87. The SMILES string of the molecule is O=C1NC(=S)N(c2ccc(Cl)cc2)C(=O)C1=Cc1cc([N+](=O)[O-])ccc1SC1CCCCC1. The fraction of sp³-hybridized carbons (Fsp3) is 0.261. The summed E-state index contributed by atoms with van der Waals surface area (Å²) in [5.74, 6) is -1.25. The van der Waals surface area contributed by atoms with E-state index in [1.54, 1.807) is 42.1 Å². The fourth-order valence-corrected chi connectivity index (χ4v) is 5.61. The standard InChI is InChI=1S/C23H20ClN3O4S2/c24-15-6-8-16(9-7-15)26-22(29)19(21(28)25-23(26)32)13-14-12-17(27(30)31)10-11-20(14)33-18-4-2-1-3-5-18/h6-13,18H,1-5H2,(H,25,28,32). The summed E-state index contributed by atoms with van der Waals surface area (Å²) in [7, 11) is 0. The van der Waals surface area contributed by atoms with Crippen LogP contribution >= 0.6 is 35.6 Å². The minimum Gasteiger partial charge on any atom is -0.298 e. The summed E-state index contributed by atoms with van der Waals surface area (Å²) in [6.07, 6.45) is 7.06. The monoisotopic (exact) mass is 501 g/mol. The zero-order valence-corrected chi connectivity index (χ0v) is 19.8. The molecule has 0 bridgehead atoms. The molecule has 7 nitrogen and oxygen atoms in total. The maximum Gasteiger partial charge on any atom is 0.270 e. The van der Waals surface area contributed by atoms with Crippen molar-refractivity contribution in [2.24, 2.45) is 0 Å². The van der Waals surface area contributed by atoms with Crippen LogP contribution in [0, 0.1) is 10.1 Å². The van der Waals surface area contributed by atoms with Gasteiger partial charge in [-0.1, -0.05) is 30.9 Å². The van der Waals surface area contributed by atoms with Crippen LogP contribution in [-0.2, 0) is 9.59 Å². The number of carbonyl (C=O) groups is 2. The minimum absolute atomic E-state index is 0.0414. The molecule has 1 N–H and O–H groups in total. The molecule has 2 fully saturated rings. The molecule has 2 aromatic carbocycles. The predicted molar refractivity (Wildman–Crippen MR) is 133 cm³/mol. The molecule has 4 rings (SSSR count). The highest BCUT2D eigenvalue weighted by Crippen LogP contribution is 2.37. The highest BCUT2D eigenvalue weighted by atomic mass is 35.5. The van der Waals surface area contributed by atoms with E-state index in [0.717, 1.165) is 30.6 Å². The van der Waals surface area contributed by atoms with Crippen LogP contribution in [0.25, 0.3) is 6.08 Å². The highest BCUT2D eigenvalue weighted by molar-refractivity contribution is 8.00. The molecule has 0 aromatic heterocycles. The van der Waals surface area contributed by atoms with Gasteiger partial charge < -0.3 is 0 Å². The van der Waals surface area contributed by atoms with E-state index in [2.05, 4.69) is 5.32 Å². The zero-order valence-electron chi connectivity index (χ0n) is 17.5. The van der Waals surface area contributed by atoms with E-state index in [4.69, 9.17) is 23.8 Å². The van der Waals surface area contributed by atoms with E-state index in [9.17, 15) is 19.7 Å². The lowest BCUT2D eigenvalue weighted by atomic mass is 10.0. The van der Waals surface area contributed by atoms with Crippen molar-refractivity contribution in [2.75, 3.05) is 4.90 Å². The Morgan fingerprint density at radius 2 is 1.82 bits per heavy atom. The summed E-state index contributed by atoms with van der Waals surface area (Å²) in [4.78, 5) is 38.9. The molecule has 1 saturated carbocycles. The molecule has 170 valence electrons. The van der Waals surface area contributed by atoms with Crippen molar-refractivity contribution in [2.45, 2.75) is 42.2 Å². The third-order valence-electron chi connectivity index (χ3n) is 5.54. The summed E-state index contributed by atoms with van der Waals surface area (Å²) < 4.78 is 0. The van der Waals surface area contributed by atoms with E-state index < -0.39 is 16.7 Å². The Hall–Kier alpha value is -2.75. The average Bonchev–Trinajstić information content (AvgIpc) is 2.79. The van der Waals surface area contributed by atoms with Crippen LogP contribution in [0.3, 0.4) is 0 Å². The van der Waals surface area contributed by atoms with E-state index in [1.165, 1.54) is 29.5 Å². The van der Waals surface area contributed by atoms with Gasteiger partial charge >= 0.3 is 0 Å². The summed E-state index contributed by atoms with van der Waals surface area (Å²) in [6, 6.07) is 11.0. The number of benzene rings is 2. The molecule has 1 heterocycles. The Labute approximate surface area is 205 Å². The lowest BCUT2D eigenvalue weighted by Gasteiger charge is -2.29. The van der Waals surface area contributed by atoms with E-state index in [1.807, 2.05) is 0 Å². The third-order valence-corrected chi connectivity index (χ3v) is 7.50. The number of hydrogen-bond donors (Lipinski definition) is 1. The van der Waals surface area contributed by atoms with Gasteiger partial charge in [-0.25, -0.2) is 0 Å². The molecule has 0 atom stereocenters. The van der Waals surface area contributed by atoms with Gasteiger partial charge in [0.05, 0.1) is 10.6 Å². The van der Waals surface area contributed by atoms with Crippen molar-refractivity contribution < 1.29 is 14.5 Å². The summed E-state index contributed by atoms with van der Waals surface area (Å²) >= 11 is 12.8. The predicted octanol–water partition coefficient (Wildman–Crippen LogP) is 5.50. The Morgan fingerprint density at radius 1 is 1.12 bits per heavy atom. The minimum atomic E-state index is -0.643. The Kier molecular flexibility index (Phi) is 7.11. The lowest BCUT2D eigenvalue weighted by molar-refractivity contribution is -0.384. The number of nitro benzene ring substituents is 1. The van der Waals surface area contributed by atoms with Crippen molar-refractivity contribution >= 4 is 70.0 Å². The first-order valence-corrected chi connectivity index (χ1v) is 12.1. The number of halogens is 1. The van der Waals surface area contributed by atoms with Crippen molar-refractivity contribution in [1.82, 2.24) is 5.32 Å². The first-order chi connectivity index (χ1) is 15.8. The summed E-state index contributed by atoms with van der Waals surface area (Å²) in [5.41, 5.74) is 0.659. The van der Waals surface area contributed by atoms with Crippen LogP contribution in [-0.4, -0.2) is 27.1 Å². The van der Waals surface area contributed by atoms with Gasteiger partial charge in [-0.2, -0.15) is 0 Å². The second-order valence-electron chi connectivity index (χ2n) is 7.79. The molecular formula is C23H20ClN3O4S2. The number of rotatable bonds is 5. The van der Waals surface area contributed by atoms with Gasteiger partial charge in [-0.15, -0.1) is 11.8 Å². The molecule has 33 heavy (non-hydrogen) atoms. The van der Waals surface area contributed by atoms with Gasteiger partial charge in [0.1, 0.15) is 5.57 Å². The van der Waals surface area contributed by atoms with Gasteiger partial charge in [-0.3, -0.25) is 29.9 Å². The zero-order chi connectivity index (χ0) is 23.5. The molecule has 1 saturated heterocycles. The van der Waals surface area contributed by atoms with Gasteiger partial charge in [0.2, 0.25) is 0 Å². The number of thiocarbonyl (C=S) groups is 1. The number of nitrogens with zero attached hydrogens (tertiary/aromatic N) is 2. The van der Waals surface area contributed by atoms with Gasteiger partial charge in [0, 0.05) is 27.3 Å². The van der Waals surface area contributed by atoms with Crippen LogP contribution in [0.4, 0.5) is 11.4 Å². The third kappa shape index (κ3) is 5.26. The molecule has 0 spiro atoms. The Morgan fingerprint density at radius 3 is 2.48 bits per heavy atom. The smallest absolute Gasteiger partial charge is 0.270 e. The summed E-state index contributed by atoms with van der Waals surface area (Å²) in [5, 5.41) is 14.8. The lowest BCUT2D eigenvalue weighted by Crippen LogP contribution is -2.54. The number of amides is 2. The molecule has 10 heteroatoms. The summed E-state index contributed by atoms with van der Waals surface area (Å²) in [6.45, 7) is 0. The molecule has 1 aliphatic heterocycles. The average molecular weight is 502 g/mol. The number of hydrogen-bond acceptors (Lipinski definition) is 6. The first kappa shape index (κ1) is 23.4. The van der Waals surface area contributed by atoms with Crippen molar-refractivity contribution in [3.05, 3.63) is 68.7 Å². The highest BCUT2D eigenvalue weighted by Gasteiger charge is 2.35. The maximum atomic E-state index is 13.3. The van der Waals surface area contributed by atoms with Crippen molar-refractivity contribution in [3.8, 4) is 0 Å². The van der Waals surface area contributed by atoms with Crippen LogP contribution in [0.15, 0.2) is 52.9 Å². The molecule has 2 amide bonds. The van der Waals surface area contributed by atoms with Gasteiger partial charge in [-0.05, 0) is 67.0 Å². The van der Waals surface area contributed by atoms with Crippen molar-refractivity contribution in [1.29, 1.82) is 0 Å². The molecular weight excluding hydrogens is 482 g/mol. The number of carbonyl (C=O) groups excluding carboxylic acids is 2. The largest absolute Gasteiger partial charge is 0.298 e. The molecule has 2 aromatic rings. The number of anilines is 1. The van der Waals surface area contributed by atoms with Crippen LogP contribution in [0.1, 0.15) is 37.7 Å². The molecule has 0 radical (unpaired) electrons. The quantitative estimate of drug-likeness (QED) is 0.191. The normalized spacial score (nSPS) is 18.5. The molecule has 2 aliphatic rings. The second kappa shape index (κ2) is 10.0. The van der Waals surface area contributed by atoms with E-state index in [-0.39, 0.29) is 16.4 Å². The number of thioether (sulfide) groups is 1. The molecule has 1 aliphatic carbocycles. The maximum absolute atomic E-state index is 13.3. The second-order valence-corrected chi connectivity index (χ2v) is 9.96. The Bertz CT molecular complexity index is 1160. The van der Waals surface area contributed by atoms with Crippen LogP contribution in [0.5, 0.6) is 0 Å². The number of non-ortho nitro benzene ring substituents is 1. The topological polar surface area (TPSA) is 92.6 Å². The first-order valence-electron chi connectivity index (χ1n) is 10.5.